The first-order valence-corrected chi connectivity index (χ1v) is 14.5. The highest BCUT2D eigenvalue weighted by Crippen LogP contribution is 2.45. The van der Waals surface area contributed by atoms with Crippen molar-refractivity contribution in [1.29, 1.82) is 0 Å². The van der Waals surface area contributed by atoms with Gasteiger partial charge in [-0.1, -0.05) is 77.7 Å². The molecule has 186 valence electrons. The largest absolute Gasteiger partial charge is 0.339 e. The Morgan fingerprint density at radius 1 is 0.943 bits per heavy atom. The van der Waals surface area contributed by atoms with Crippen molar-refractivity contribution in [2.45, 2.75) is 68.9 Å². The lowest BCUT2D eigenvalue weighted by Crippen LogP contribution is -2.57. The number of rotatable bonds is 3. The Labute approximate surface area is 218 Å². The molecule has 1 aliphatic carbocycles. The van der Waals surface area contributed by atoms with Crippen molar-refractivity contribution in [3.63, 3.8) is 0 Å². The van der Waals surface area contributed by atoms with Crippen LogP contribution in [0.5, 0.6) is 0 Å². The van der Waals surface area contributed by atoms with Crippen LogP contribution in [-0.2, 0) is 16.8 Å². The summed E-state index contributed by atoms with van der Waals surface area (Å²) in [4.78, 5) is 16.9. The second kappa shape index (κ2) is 9.99. The summed E-state index contributed by atoms with van der Waals surface area (Å²) in [5.41, 5.74) is 3.98. The molecule has 6 rings (SSSR count). The van der Waals surface area contributed by atoms with E-state index in [2.05, 4.69) is 80.0 Å². The van der Waals surface area contributed by atoms with Crippen LogP contribution in [0, 0.1) is 11.8 Å². The maximum Gasteiger partial charge on any atom is 0.228 e. The Morgan fingerprint density at radius 3 is 2.57 bits per heavy atom. The molecule has 0 bridgehead atoms. The van der Waals surface area contributed by atoms with Gasteiger partial charge in [0.25, 0.3) is 0 Å². The monoisotopic (exact) mass is 535 g/mol. The number of nitrogens with zero attached hydrogens (tertiary/aromatic N) is 1. The van der Waals surface area contributed by atoms with Gasteiger partial charge in [0.1, 0.15) is 0 Å². The van der Waals surface area contributed by atoms with E-state index in [-0.39, 0.29) is 11.3 Å². The first-order chi connectivity index (χ1) is 17.2. The van der Waals surface area contributed by atoms with Crippen LogP contribution in [0.2, 0.25) is 0 Å². The van der Waals surface area contributed by atoms with Crippen molar-refractivity contribution >= 4 is 21.8 Å². The molecule has 3 heterocycles. The third kappa shape index (κ3) is 4.28. The van der Waals surface area contributed by atoms with E-state index in [4.69, 9.17) is 0 Å². The molecule has 3 fully saturated rings. The van der Waals surface area contributed by atoms with Crippen molar-refractivity contribution in [2.75, 3.05) is 26.2 Å². The maximum absolute atomic E-state index is 14.5. The van der Waals surface area contributed by atoms with Crippen molar-refractivity contribution in [3.8, 4) is 0 Å². The van der Waals surface area contributed by atoms with E-state index in [0.29, 0.717) is 23.8 Å². The fourth-order valence-corrected chi connectivity index (χ4v) is 8.23. The quantitative estimate of drug-likeness (QED) is 0.555. The molecule has 2 N–H and O–H groups in total. The maximum atomic E-state index is 14.5. The second-order valence-electron chi connectivity index (χ2n) is 11.3. The van der Waals surface area contributed by atoms with Gasteiger partial charge in [-0.25, -0.2) is 0 Å². The topological polar surface area (TPSA) is 44.4 Å². The van der Waals surface area contributed by atoms with E-state index < -0.39 is 0 Å². The zero-order valence-corrected chi connectivity index (χ0v) is 22.2. The minimum atomic E-state index is -0.165. The number of nitrogens with one attached hydrogen (secondary N) is 2. The molecule has 0 aromatic heterocycles. The molecule has 2 aromatic carbocycles. The van der Waals surface area contributed by atoms with Crippen LogP contribution < -0.4 is 10.6 Å². The van der Waals surface area contributed by atoms with Crippen molar-refractivity contribution in [2.24, 2.45) is 11.8 Å². The number of hydrogen-bond donors (Lipinski definition) is 2. The Bertz CT molecular complexity index is 1050. The highest BCUT2D eigenvalue weighted by atomic mass is 79.9. The number of benzene rings is 2. The summed E-state index contributed by atoms with van der Waals surface area (Å²) in [7, 11) is 0. The smallest absolute Gasteiger partial charge is 0.228 e. The number of fused-ring (bicyclic) bond motifs is 2. The Kier molecular flexibility index (Phi) is 6.76. The molecule has 4 aliphatic rings. The predicted molar refractivity (Wildman–Crippen MR) is 144 cm³/mol. The Hall–Kier alpha value is -1.69. The first-order valence-electron chi connectivity index (χ1n) is 13.7. The molecule has 2 saturated heterocycles. The lowest BCUT2D eigenvalue weighted by molar-refractivity contribution is -0.142. The third-order valence-electron chi connectivity index (χ3n) is 9.54. The first kappa shape index (κ1) is 23.7. The molecule has 3 aliphatic heterocycles. The van der Waals surface area contributed by atoms with Gasteiger partial charge in [0.05, 0.1) is 5.92 Å². The average molecular weight is 537 g/mol. The van der Waals surface area contributed by atoms with E-state index in [1.165, 1.54) is 48.8 Å². The Balaban J connectivity index is 1.31. The SMILES string of the molecule is O=C([C@@H]1CNC[C@]12CNCc1c(Br)cccc12)N1CC[C@@H](c2ccccc2)C[C@H]1C1CCCCC1. The van der Waals surface area contributed by atoms with Crippen LogP contribution in [-0.4, -0.2) is 43.0 Å². The number of piperidine rings is 1. The van der Waals surface area contributed by atoms with Gasteiger partial charge in [0.2, 0.25) is 5.91 Å². The summed E-state index contributed by atoms with van der Waals surface area (Å²) in [5.74, 6) is 1.60. The number of likely N-dealkylation sites (tertiary alicyclic amines) is 1. The summed E-state index contributed by atoms with van der Waals surface area (Å²) < 4.78 is 1.16. The lowest BCUT2D eigenvalue weighted by Gasteiger charge is -2.48. The van der Waals surface area contributed by atoms with Gasteiger partial charge in [-0.2, -0.15) is 0 Å². The van der Waals surface area contributed by atoms with Crippen LogP contribution >= 0.6 is 15.9 Å². The number of carbonyl (C=O) groups is 1. The molecule has 5 heteroatoms. The van der Waals surface area contributed by atoms with E-state index in [0.717, 1.165) is 50.0 Å². The van der Waals surface area contributed by atoms with Gasteiger partial charge in [-0.3, -0.25) is 4.79 Å². The standard InChI is InChI=1S/C30H38BrN3O/c31-27-13-7-12-25-24(27)17-32-19-30(25)20-33-18-26(30)29(35)34-15-14-23(21-8-3-1-4-9-21)16-28(34)22-10-5-2-6-11-22/h1,3-4,7-9,12-13,22-23,26,28,32-33H,2,5-6,10-11,14-20H2/t23-,26+,28+,30+/m1/s1. The van der Waals surface area contributed by atoms with Crippen molar-refractivity contribution in [3.05, 3.63) is 69.7 Å². The number of hydrogen-bond acceptors (Lipinski definition) is 3. The molecule has 0 radical (unpaired) electrons. The molecule has 1 saturated carbocycles. The van der Waals surface area contributed by atoms with E-state index >= 15 is 0 Å². The van der Waals surface area contributed by atoms with Gasteiger partial charge < -0.3 is 15.5 Å². The molecule has 1 amide bonds. The molecule has 2 aromatic rings. The molecule has 0 unspecified atom stereocenters. The molecular weight excluding hydrogens is 498 g/mol. The zero-order valence-electron chi connectivity index (χ0n) is 20.6. The molecule has 35 heavy (non-hydrogen) atoms. The Morgan fingerprint density at radius 2 is 1.74 bits per heavy atom. The fraction of sp³-hybridized carbons (Fsp3) is 0.567. The average Bonchev–Trinajstić information content (AvgIpc) is 3.33. The predicted octanol–water partition coefficient (Wildman–Crippen LogP) is 5.36. The molecule has 4 atom stereocenters. The number of carbonyl (C=O) groups excluding carboxylic acids is 1. The van der Waals surface area contributed by atoms with Crippen LogP contribution in [0.15, 0.2) is 53.0 Å². The minimum Gasteiger partial charge on any atom is -0.339 e. The lowest BCUT2D eigenvalue weighted by atomic mass is 9.68. The highest BCUT2D eigenvalue weighted by molar-refractivity contribution is 9.10. The summed E-state index contributed by atoms with van der Waals surface area (Å²) >= 11 is 3.78. The van der Waals surface area contributed by atoms with Crippen molar-refractivity contribution in [1.82, 2.24) is 15.5 Å². The van der Waals surface area contributed by atoms with Gasteiger partial charge in [0.15, 0.2) is 0 Å². The van der Waals surface area contributed by atoms with Gasteiger partial charge in [-0.15, -0.1) is 0 Å². The minimum absolute atomic E-state index is 0.0114. The number of amides is 1. The zero-order chi connectivity index (χ0) is 23.8. The summed E-state index contributed by atoms with van der Waals surface area (Å²) in [6.07, 6.45) is 8.74. The van der Waals surface area contributed by atoms with Gasteiger partial charge >= 0.3 is 0 Å². The molecule has 4 nitrogen and oxygen atoms in total. The van der Waals surface area contributed by atoms with E-state index in [1.54, 1.807) is 0 Å². The summed E-state index contributed by atoms with van der Waals surface area (Å²) in [6.45, 7) is 4.28. The second-order valence-corrected chi connectivity index (χ2v) is 12.2. The summed E-state index contributed by atoms with van der Waals surface area (Å²) in [5, 5.41) is 7.30. The van der Waals surface area contributed by atoms with Crippen LogP contribution in [0.25, 0.3) is 0 Å². The van der Waals surface area contributed by atoms with Crippen LogP contribution in [0.4, 0.5) is 0 Å². The number of halogens is 1. The summed E-state index contributed by atoms with van der Waals surface area (Å²) in [6, 6.07) is 18.0. The molecule has 1 spiro atoms. The van der Waals surface area contributed by atoms with Crippen molar-refractivity contribution < 1.29 is 4.79 Å². The third-order valence-corrected chi connectivity index (χ3v) is 10.3. The van der Waals surface area contributed by atoms with E-state index in [1.807, 2.05) is 0 Å². The van der Waals surface area contributed by atoms with Gasteiger partial charge in [-0.05, 0) is 60.3 Å². The molecular formula is C30H38BrN3O. The highest BCUT2D eigenvalue weighted by Gasteiger charge is 2.52. The normalized spacial score (nSPS) is 31.5. The van der Waals surface area contributed by atoms with E-state index in [9.17, 15) is 4.79 Å². The van der Waals surface area contributed by atoms with Gasteiger partial charge in [0, 0.05) is 48.7 Å². The van der Waals surface area contributed by atoms with Crippen LogP contribution in [0.1, 0.15) is 67.6 Å². The fourth-order valence-electron chi connectivity index (χ4n) is 7.73. The van der Waals surface area contributed by atoms with Crippen LogP contribution in [0.3, 0.4) is 0 Å².